The zero-order chi connectivity index (χ0) is 21.6. The number of ether oxygens (including phenoxy) is 6. The lowest BCUT2D eigenvalue weighted by atomic mass is 10.0. The van der Waals surface area contributed by atoms with Crippen molar-refractivity contribution in [3.63, 3.8) is 0 Å². The number of methoxy groups -OCH3 is 6. The number of phenols is 1. The quantitative estimate of drug-likeness (QED) is 0.503. The summed E-state index contributed by atoms with van der Waals surface area (Å²) in [6.07, 6.45) is 2.85. The molecule has 0 saturated heterocycles. The van der Waals surface area contributed by atoms with Crippen LogP contribution in [0.4, 0.5) is 0 Å². The highest BCUT2D eigenvalue weighted by Crippen LogP contribution is 2.45. The Bertz CT molecular complexity index is 892. The molecule has 1 N–H and O–H groups in total. The Kier molecular flexibility index (Phi) is 7.19. The van der Waals surface area contributed by atoms with Crippen molar-refractivity contribution in [2.24, 2.45) is 0 Å². The van der Waals surface area contributed by atoms with Crippen LogP contribution in [0.25, 0.3) is 6.08 Å². The molecule has 0 aliphatic heterocycles. The SMILES string of the molecule is COc1cc(/C=C/C(=O)c2c(OC)cc(OC)c(OC)c2O)cc(OC)c1OC. The van der Waals surface area contributed by atoms with E-state index in [0.29, 0.717) is 22.8 Å². The van der Waals surface area contributed by atoms with Gasteiger partial charge in [-0.3, -0.25) is 4.79 Å². The van der Waals surface area contributed by atoms with E-state index in [4.69, 9.17) is 28.4 Å². The summed E-state index contributed by atoms with van der Waals surface area (Å²) >= 11 is 0. The highest BCUT2D eigenvalue weighted by Gasteiger charge is 2.24. The molecule has 2 aromatic rings. The van der Waals surface area contributed by atoms with Gasteiger partial charge in [0.05, 0.1) is 42.7 Å². The second-order valence-corrected chi connectivity index (χ2v) is 5.69. The second-order valence-electron chi connectivity index (χ2n) is 5.69. The molecule has 0 atom stereocenters. The highest BCUT2D eigenvalue weighted by molar-refractivity contribution is 6.11. The van der Waals surface area contributed by atoms with Gasteiger partial charge in [-0.2, -0.15) is 0 Å². The van der Waals surface area contributed by atoms with E-state index >= 15 is 0 Å². The number of benzene rings is 2. The molecule has 2 rings (SSSR count). The van der Waals surface area contributed by atoms with Crippen LogP contribution in [0, 0.1) is 0 Å². The Labute approximate surface area is 169 Å². The van der Waals surface area contributed by atoms with Crippen LogP contribution < -0.4 is 28.4 Å². The lowest BCUT2D eigenvalue weighted by Crippen LogP contribution is -2.03. The number of allylic oxidation sites excluding steroid dienone is 1. The van der Waals surface area contributed by atoms with E-state index < -0.39 is 5.78 Å². The van der Waals surface area contributed by atoms with Gasteiger partial charge in [-0.15, -0.1) is 0 Å². The first-order valence-electron chi connectivity index (χ1n) is 8.49. The Balaban J connectivity index is 2.49. The summed E-state index contributed by atoms with van der Waals surface area (Å²) in [6.45, 7) is 0. The van der Waals surface area contributed by atoms with Crippen LogP contribution in [-0.4, -0.2) is 53.5 Å². The third-order valence-corrected chi connectivity index (χ3v) is 4.19. The van der Waals surface area contributed by atoms with Crippen molar-refractivity contribution >= 4 is 11.9 Å². The van der Waals surface area contributed by atoms with E-state index in [1.54, 1.807) is 18.2 Å². The number of hydrogen-bond acceptors (Lipinski definition) is 8. The van der Waals surface area contributed by atoms with Gasteiger partial charge in [0.1, 0.15) is 11.3 Å². The van der Waals surface area contributed by atoms with Crippen molar-refractivity contribution in [2.75, 3.05) is 42.7 Å². The summed E-state index contributed by atoms with van der Waals surface area (Å²) < 4.78 is 31.5. The van der Waals surface area contributed by atoms with Gasteiger partial charge >= 0.3 is 0 Å². The van der Waals surface area contributed by atoms with Crippen molar-refractivity contribution in [1.82, 2.24) is 0 Å². The first-order valence-corrected chi connectivity index (χ1v) is 8.49. The molecule has 8 heteroatoms. The van der Waals surface area contributed by atoms with Crippen LogP contribution in [0.5, 0.6) is 40.2 Å². The van der Waals surface area contributed by atoms with Crippen molar-refractivity contribution < 1.29 is 38.3 Å². The monoisotopic (exact) mass is 404 g/mol. The first kappa shape index (κ1) is 21.7. The van der Waals surface area contributed by atoms with Gasteiger partial charge in [-0.1, -0.05) is 6.08 Å². The molecule has 29 heavy (non-hydrogen) atoms. The predicted octanol–water partition coefficient (Wildman–Crippen LogP) is 3.34. The molecule has 0 saturated carbocycles. The third-order valence-electron chi connectivity index (χ3n) is 4.19. The molecule has 0 aromatic heterocycles. The number of rotatable bonds is 9. The number of phenolic OH excluding ortho intramolecular Hbond substituents is 1. The fourth-order valence-corrected chi connectivity index (χ4v) is 2.80. The van der Waals surface area contributed by atoms with E-state index in [0.717, 1.165) is 0 Å². The third kappa shape index (κ3) is 4.31. The molecule has 0 bridgehead atoms. The summed E-state index contributed by atoms with van der Waals surface area (Å²) in [6, 6.07) is 4.85. The van der Waals surface area contributed by atoms with Gasteiger partial charge in [0.15, 0.2) is 28.8 Å². The number of carbonyl (C=O) groups excluding carboxylic acids is 1. The van der Waals surface area contributed by atoms with Gasteiger partial charge in [-0.05, 0) is 23.8 Å². The maximum Gasteiger partial charge on any atom is 0.204 e. The van der Waals surface area contributed by atoms with Gasteiger partial charge in [0.25, 0.3) is 0 Å². The van der Waals surface area contributed by atoms with Crippen LogP contribution >= 0.6 is 0 Å². The zero-order valence-electron chi connectivity index (χ0n) is 17.2. The fourth-order valence-electron chi connectivity index (χ4n) is 2.80. The van der Waals surface area contributed by atoms with E-state index in [2.05, 4.69) is 0 Å². The summed E-state index contributed by atoms with van der Waals surface area (Å²) in [7, 11) is 8.68. The predicted molar refractivity (Wildman–Crippen MR) is 107 cm³/mol. The lowest BCUT2D eigenvalue weighted by molar-refractivity contribution is 0.104. The molecule has 0 radical (unpaired) electrons. The summed E-state index contributed by atoms with van der Waals surface area (Å²) in [5, 5.41) is 10.5. The molecular formula is C21H24O8. The van der Waals surface area contributed by atoms with E-state index in [9.17, 15) is 9.90 Å². The molecule has 0 aliphatic rings. The molecular weight excluding hydrogens is 380 g/mol. The minimum atomic E-state index is -0.492. The van der Waals surface area contributed by atoms with Gasteiger partial charge < -0.3 is 33.5 Å². The molecule has 8 nitrogen and oxygen atoms in total. The Morgan fingerprint density at radius 1 is 0.724 bits per heavy atom. The van der Waals surface area contributed by atoms with Crippen LogP contribution in [-0.2, 0) is 0 Å². The van der Waals surface area contributed by atoms with Gasteiger partial charge in [-0.25, -0.2) is 0 Å². The van der Waals surface area contributed by atoms with Crippen LogP contribution in [0.3, 0.4) is 0 Å². The summed E-state index contributed by atoms with van der Waals surface area (Å²) in [5.41, 5.74) is 0.584. The smallest absolute Gasteiger partial charge is 0.204 e. The second kappa shape index (κ2) is 9.59. The first-order chi connectivity index (χ1) is 13.9. The molecule has 0 aliphatic carbocycles. The van der Waals surface area contributed by atoms with E-state index in [1.165, 1.54) is 54.8 Å². The molecule has 2 aromatic carbocycles. The van der Waals surface area contributed by atoms with Gasteiger partial charge in [0, 0.05) is 6.07 Å². The molecule has 156 valence electrons. The Morgan fingerprint density at radius 2 is 1.21 bits per heavy atom. The van der Waals surface area contributed by atoms with Crippen molar-refractivity contribution in [3.8, 4) is 40.2 Å². The van der Waals surface area contributed by atoms with Crippen molar-refractivity contribution in [2.45, 2.75) is 0 Å². The Morgan fingerprint density at radius 3 is 1.66 bits per heavy atom. The topological polar surface area (TPSA) is 92.7 Å². The zero-order valence-corrected chi connectivity index (χ0v) is 17.2. The molecule has 0 fully saturated rings. The standard InChI is InChI=1S/C21H24O8/c1-24-14-11-17(27-4)21(29-6)19(23)18(14)13(22)8-7-12-9-15(25-2)20(28-5)16(10-12)26-3/h7-11,23H,1-6H3/b8-7+. The van der Waals surface area contributed by atoms with Crippen LogP contribution in [0.2, 0.25) is 0 Å². The van der Waals surface area contributed by atoms with Crippen molar-refractivity contribution in [1.29, 1.82) is 0 Å². The average molecular weight is 404 g/mol. The lowest BCUT2D eigenvalue weighted by Gasteiger charge is -2.15. The Hall–Kier alpha value is -3.55. The molecule has 0 unspecified atom stereocenters. The largest absolute Gasteiger partial charge is 0.504 e. The maximum absolute atomic E-state index is 12.8. The van der Waals surface area contributed by atoms with Crippen molar-refractivity contribution in [3.05, 3.63) is 35.4 Å². The number of ketones is 1. The number of carbonyl (C=O) groups is 1. The van der Waals surface area contributed by atoms with E-state index in [-0.39, 0.29) is 28.6 Å². The average Bonchev–Trinajstić information content (AvgIpc) is 2.75. The number of aromatic hydroxyl groups is 1. The number of hydrogen-bond donors (Lipinski definition) is 1. The normalized spacial score (nSPS) is 10.6. The maximum atomic E-state index is 12.8. The molecule has 0 spiro atoms. The van der Waals surface area contributed by atoms with Crippen LogP contribution in [0.15, 0.2) is 24.3 Å². The summed E-state index contributed by atoms with van der Waals surface area (Å²) in [5.74, 6) is 0.912. The minimum absolute atomic E-state index is 0.0397. The summed E-state index contributed by atoms with van der Waals surface area (Å²) in [4.78, 5) is 12.8. The minimum Gasteiger partial charge on any atom is -0.504 e. The highest BCUT2D eigenvalue weighted by atomic mass is 16.5. The van der Waals surface area contributed by atoms with Crippen LogP contribution in [0.1, 0.15) is 15.9 Å². The van der Waals surface area contributed by atoms with Gasteiger partial charge in [0.2, 0.25) is 11.5 Å². The molecule has 0 amide bonds. The van der Waals surface area contributed by atoms with E-state index in [1.807, 2.05) is 0 Å². The fraction of sp³-hybridized carbons (Fsp3) is 0.286. The molecule has 0 heterocycles.